The summed E-state index contributed by atoms with van der Waals surface area (Å²) < 4.78 is 0. The normalized spacial score (nSPS) is 32.6. The zero-order valence-corrected chi connectivity index (χ0v) is 9.71. The summed E-state index contributed by atoms with van der Waals surface area (Å²) in [6.45, 7) is 0.113. The second-order valence-corrected chi connectivity index (χ2v) is 5.19. The topological polar surface area (TPSA) is 40.5 Å². The van der Waals surface area contributed by atoms with Gasteiger partial charge in [0.2, 0.25) is 0 Å². The minimum Gasteiger partial charge on any atom is -0.395 e. The molecular weight excluding hydrogens is 223 g/mol. The van der Waals surface area contributed by atoms with Gasteiger partial charge in [-0.1, -0.05) is 0 Å². The first-order chi connectivity index (χ1) is 6.69. The Morgan fingerprint density at radius 2 is 1.14 bits per heavy atom. The zero-order valence-electron chi connectivity index (χ0n) is 8.20. The van der Waals surface area contributed by atoms with Crippen LogP contribution in [0.25, 0.3) is 0 Å². The molecular formula is C10H18Cl2O2. The molecule has 84 valence electrons. The number of rotatable bonds is 4. The number of aliphatic hydroxyl groups is 2. The van der Waals surface area contributed by atoms with E-state index in [9.17, 15) is 0 Å². The summed E-state index contributed by atoms with van der Waals surface area (Å²) in [5.74, 6) is 0.834. The molecule has 0 aromatic carbocycles. The third-order valence-electron chi connectivity index (χ3n) is 3.19. The van der Waals surface area contributed by atoms with Crippen LogP contribution in [-0.2, 0) is 0 Å². The van der Waals surface area contributed by atoms with Gasteiger partial charge < -0.3 is 10.2 Å². The van der Waals surface area contributed by atoms with Gasteiger partial charge in [0.1, 0.15) is 0 Å². The second-order valence-electron chi connectivity index (χ2n) is 4.07. The van der Waals surface area contributed by atoms with E-state index >= 15 is 0 Å². The van der Waals surface area contributed by atoms with Gasteiger partial charge in [0.15, 0.2) is 0 Å². The Balaban J connectivity index is 2.31. The lowest BCUT2D eigenvalue weighted by Crippen LogP contribution is -2.29. The van der Waals surface area contributed by atoms with E-state index in [-0.39, 0.29) is 24.0 Å². The van der Waals surface area contributed by atoms with Gasteiger partial charge in [-0.2, -0.15) is 0 Å². The van der Waals surface area contributed by atoms with Crippen molar-refractivity contribution >= 4 is 23.2 Å². The summed E-state index contributed by atoms with van der Waals surface area (Å²) in [6, 6.07) is 0. The number of alkyl halides is 2. The molecule has 2 atom stereocenters. The van der Waals surface area contributed by atoms with Gasteiger partial charge in [0.25, 0.3) is 0 Å². The van der Waals surface area contributed by atoms with Crippen LogP contribution in [0, 0.1) is 11.8 Å². The minimum atomic E-state index is -0.112. The summed E-state index contributed by atoms with van der Waals surface area (Å²) in [4.78, 5) is 0. The molecule has 1 aliphatic rings. The number of hydrogen-bond acceptors (Lipinski definition) is 2. The minimum absolute atomic E-state index is 0.0567. The van der Waals surface area contributed by atoms with E-state index in [1.54, 1.807) is 0 Å². The third-order valence-corrected chi connectivity index (χ3v) is 4.18. The van der Waals surface area contributed by atoms with Crippen LogP contribution in [0.1, 0.15) is 25.7 Å². The van der Waals surface area contributed by atoms with Crippen molar-refractivity contribution in [2.45, 2.75) is 36.4 Å². The highest BCUT2D eigenvalue weighted by molar-refractivity contribution is 6.21. The van der Waals surface area contributed by atoms with Crippen LogP contribution in [0.5, 0.6) is 0 Å². The van der Waals surface area contributed by atoms with Crippen LogP contribution >= 0.6 is 23.2 Å². The molecule has 0 saturated heterocycles. The van der Waals surface area contributed by atoms with Gasteiger partial charge in [-0.15, -0.1) is 23.2 Å². The van der Waals surface area contributed by atoms with E-state index in [2.05, 4.69) is 0 Å². The number of hydrogen-bond donors (Lipinski definition) is 2. The lowest BCUT2D eigenvalue weighted by Gasteiger charge is -2.32. The Morgan fingerprint density at radius 1 is 0.857 bits per heavy atom. The Labute approximate surface area is 95.2 Å². The molecule has 2 N–H and O–H groups in total. The molecule has 1 aliphatic carbocycles. The predicted octanol–water partition coefficient (Wildman–Crippen LogP) is 1.99. The average molecular weight is 241 g/mol. The molecule has 0 aromatic heterocycles. The molecule has 14 heavy (non-hydrogen) atoms. The van der Waals surface area contributed by atoms with Crippen molar-refractivity contribution in [3.8, 4) is 0 Å². The van der Waals surface area contributed by atoms with Gasteiger partial charge >= 0.3 is 0 Å². The highest BCUT2D eigenvalue weighted by Crippen LogP contribution is 2.35. The molecule has 2 unspecified atom stereocenters. The summed E-state index contributed by atoms with van der Waals surface area (Å²) in [6.07, 6.45) is 4.07. The molecule has 0 bridgehead atoms. The maximum Gasteiger partial charge on any atom is 0.0597 e. The van der Waals surface area contributed by atoms with E-state index in [4.69, 9.17) is 33.4 Å². The van der Waals surface area contributed by atoms with Crippen LogP contribution < -0.4 is 0 Å². The van der Waals surface area contributed by atoms with Crippen molar-refractivity contribution in [2.75, 3.05) is 13.2 Å². The summed E-state index contributed by atoms with van der Waals surface area (Å²) in [7, 11) is 0. The van der Waals surface area contributed by atoms with Gasteiger partial charge in [0.05, 0.1) is 24.0 Å². The first kappa shape index (κ1) is 12.6. The molecule has 0 heterocycles. The Bertz CT molecular complexity index is 140. The molecule has 0 spiro atoms. The summed E-state index contributed by atoms with van der Waals surface area (Å²) in [5.41, 5.74) is 0. The molecule has 1 rings (SSSR count). The molecule has 4 heteroatoms. The van der Waals surface area contributed by atoms with Gasteiger partial charge in [-0.25, -0.2) is 0 Å². The number of halogens is 2. The SMILES string of the molecule is OCC(Cl)C1CCC(C(Cl)CO)CC1. The molecule has 1 saturated carbocycles. The fourth-order valence-corrected chi connectivity index (χ4v) is 2.67. The molecule has 2 nitrogen and oxygen atoms in total. The summed E-state index contributed by atoms with van der Waals surface area (Å²) in [5, 5.41) is 17.6. The average Bonchev–Trinajstić information content (AvgIpc) is 2.27. The molecule has 0 amide bonds. The fraction of sp³-hybridized carbons (Fsp3) is 1.00. The first-order valence-electron chi connectivity index (χ1n) is 5.19. The van der Waals surface area contributed by atoms with Gasteiger partial charge in [-0.3, -0.25) is 0 Å². The third kappa shape index (κ3) is 3.27. The largest absolute Gasteiger partial charge is 0.395 e. The Hall–Kier alpha value is 0.500. The maximum atomic E-state index is 8.91. The van der Waals surface area contributed by atoms with Crippen molar-refractivity contribution in [1.82, 2.24) is 0 Å². The van der Waals surface area contributed by atoms with Crippen molar-refractivity contribution in [1.29, 1.82) is 0 Å². The van der Waals surface area contributed by atoms with Crippen LogP contribution in [-0.4, -0.2) is 34.2 Å². The molecule has 0 aliphatic heterocycles. The smallest absolute Gasteiger partial charge is 0.0597 e. The van der Waals surface area contributed by atoms with Crippen LogP contribution in [0.3, 0.4) is 0 Å². The maximum absolute atomic E-state index is 8.91. The Morgan fingerprint density at radius 3 is 1.36 bits per heavy atom. The van der Waals surface area contributed by atoms with Crippen LogP contribution in [0.4, 0.5) is 0 Å². The van der Waals surface area contributed by atoms with E-state index in [1.807, 2.05) is 0 Å². The van der Waals surface area contributed by atoms with Crippen molar-refractivity contribution in [2.24, 2.45) is 11.8 Å². The van der Waals surface area contributed by atoms with Crippen molar-refractivity contribution < 1.29 is 10.2 Å². The highest BCUT2D eigenvalue weighted by Gasteiger charge is 2.29. The number of aliphatic hydroxyl groups excluding tert-OH is 2. The lowest BCUT2D eigenvalue weighted by molar-refractivity contribution is 0.186. The van der Waals surface area contributed by atoms with Gasteiger partial charge in [0, 0.05) is 0 Å². The highest BCUT2D eigenvalue weighted by atomic mass is 35.5. The standard InChI is InChI=1S/C10H18Cl2O2/c11-9(5-13)7-1-2-8(4-3-7)10(12)6-14/h7-10,13-14H,1-6H2. The lowest BCUT2D eigenvalue weighted by atomic mass is 9.79. The van der Waals surface area contributed by atoms with E-state index in [0.717, 1.165) is 25.7 Å². The zero-order chi connectivity index (χ0) is 10.6. The van der Waals surface area contributed by atoms with Crippen molar-refractivity contribution in [3.63, 3.8) is 0 Å². The van der Waals surface area contributed by atoms with E-state index < -0.39 is 0 Å². The fourth-order valence-electron chi connectivity index (χ4n) is 2.17. The first-order valence-corrected chi connectivity index (χ1v) is 6.06. The molecule has 0 aromatic rings. The second kappa shape index (κ2) is 6.16. The summed E-state index contributed by atoms with van der Waals surface area (Å²) >= 11 is 11.9. The van der Waals surface area contributed by atoms with E-state index in [0.29, 0.717) is 11.8 Å². The van der Waals surface area contributed by atoms with Crippen LogP contribution in [0.2, 0.25) is 0 Å². The predicted molar refractivity (Wildman–Crippen MR) is 58.9 cm³/mol. The van der Waals surface area contributed by atoms with Crippen molar-refractivity contribution in [3.05, 3.63) is 0 Å². The monoisotopic (exact) mass is 240 g/mol. The quantitative estimate of drug-likeness (QED) is 0.739. The molecule has 0 radical (unpaired) electrons. The molecule has 1 fully saturated rings. The Kier molecular flexibility index (Phi) is 5.53. The van der Waals surface area contributed by atoms with E-state index in [1.165, 1.54) is 0 Å². The van der Waals surface area contributed by atoms with Crippen LogP contribution in [0.15, 0.2) is 0 Å². The van der Waals surface area contributed by atoms with Gasteiger partial charge in [-0.05, 0) is 37.5 Å².